The van der Waals surface area contributed by atoms with Crippen molar-refractivity contribution in [2.24, 2.45) is 0 Å². The summed E-state index contributed by atoms with van der Waals surface area (Å²) < 4.78 is 5.55. The summed E-state index contributed by atoms with van der Waals surface area (Å²) in [5, 5.41) is 4.76. The normalized spacial score (nSPS) is 10.6. The van der Waals surface area contributed by atoms with E-state index in [0.29, 0.717) is 5.76 Å². The summed E-state index contributed by atoms with van der Waals surface area (Å²) in [4.78, 5) is 15.0. The minimum Gasteiger partial charge on any atom is -0.423 e. The van der Waals surface area contributed by atoms with Crippen molar-refractivity contribution in [1.82, 2.24) is 4.98 Å². The Morgan fingerprint density at radius 1 is 1.16 bits per heavy atom. The molecule has 4 heteroatoms. The van der Waals surface area contributed by atoms with E-state index in [-0.39, 0.29) is 11.9 Å². The largest absolute Gasteiger partial charge is 0.423 e. The number of amides is 1. The maximum Gasteiger partial charge on any atom is 0.301 e. The van der Waals surface area contributed by atoms with Crippen LogP contribution in [0.15, 0.2) is 53.1 Å². The van der Waals surface area contributed by atoms with E-state index in [9.17, 15) is 4.79 Å². The molecule has 3 rings (SSSR count). The smallest absolute Gasteiger partial charge is 0.301 e. The summed E-state index contributed by atoms with van der Waals surface area (Å²) in [6.45, 7) is 1.42. The second kappa shape index (κ2) is 4.57. The number of carbonyl (C=O) groups is 1. The Balaban J connectivity index is 2.09. The summed E-state index contributed by atoms with van der Waals surface area (Å²) in [5.41, 5.74) is 0.960. The summed E-state index contributed by atoms with van der Waals surface area (Å²) >= 11 is 0. The third-order valence-corrected chi connectivity index (χ3v) is 2.84. The van der Waals surface area contributed by atoms with Crippen LogP contribution in [-0.4, -0.2) is 10.9 Å². The average molecular weight is 252 g/mol. The molecule has 94 valence electrons. The zero-order valence-corrected chi connectivity index (χ0v) is 10.4. The van der Waals surface area contributed by atoms with Gasteiger partial charge in [-0.3, -0.25) is 10.1 Å². The molecule has 4 nitrogen and oxygen atoms in total. The molecule has 0 saturated carbocycles. The maximum absolute atomic E-state index is 11.0. The second-order valence-electron chi connectivity index (χ2n) is 4.24. The van der Waals surface area contributed by atoms with Crippen molar-refractivity contribution < 1.29 is 9.21 Å². The number of hydrogen-bond donors (Lipinski definition) is 1. The van der Waals surface area contributed by atoms with E-state index in [1.54, 1.807) is 6.20 Å². The van der Waals surface area contributed by atoms with E-state index in [1.807, 2.05) is 42.5 Å². The van der Waals surface area contributed by atoms with E-state index in [2.05, 4.69) is 10.3 Å². The molecular formula is C15H12N2O2. The van der Waals surface area contributed by atoms with Gasteiger partial charge in [0.05, 0.1) is 6.20 Å². The monoisotopic (exact) mass is 252 g/mol. The molecule has 1 N–H and O–H groups in total. The summed E-state index contributed by atoms with van der Waals surface area (Å²) in [5.74, 6) is 0.437. The van der Waals surface area contributed by atoms with Crippen molar-refractivity contribution in [3.63, 3.8) is 0 Å². The van der Waals surface area contributed by atoms with Crippen LogP contribution in [0.25, 0.3) is 22.1 Å². The number of nitrogens with zero attached hydrogens (tertiary/aromatic N) is 1. The van der Waals surface area contributed by atoms with Crippen LogP contribution in [0.2, 0.25) is 0 Å². The van der Waals surface area contributed by atoms with Crippen molar-refractivity contribution in [3.05, 3.63) is 48.7 Å². The van der Waals surface area contributed by atoms with Crippen LogP contribution in [-0.2, 0) is 4.79 Å². The number of benzene rings is 2. The van der Waals surface area contributed by atoms with Gasteiger partial charge in [-0.05, 0) is 10.8 Å². The zero-order chi connectivity index (χ0) is 13.2. The van der Waals surface area contributed by atoms with Gasteiger partial charge in [-0.25, -0.2) is 4.98 Å². The Morgan fingerprint density at radius 2 is 1.95 bits per heavy atom. The molecule has 1 aromatic heterocycles. The third-order valence-electron chi connectivity index (χ3n) is 2.84. The highest BCUT2D eigenvalue weighted by Crippen LogP contribution is 2.29. The second-order valence-corrected chi connectivity index (χ2v) is 4.24. The molecule has 0 bridgehead atoms. The lowest BCUT2D eigenvalue weighted by Gasteiger charge is -2.02. The SMILES string of the molecule is CC(=O)Nc1ncc(-c2cccc3ccccc23)o1. The van der Waals surface area contributed by atoms with Crippen molar-refractivity contribution in [1.29, 1.82) is 0 Å². The fourth-order valence-electron chi connectivity index (χ4n) is 2.05. The maximum atomic E-state index is 11.0. The summed E-state index contributed by atoms with van der Waals surface area (Å²) in [6, 6.07) is 14.3. The van der Waals surface area contributed by atoms with Crippen LogP contribution in [0.3, 0.4) is 0 Å². The van der Waals surface area contributed by atoms with Gasteiger partial charge in [-0.1, -0.05) is 42.5 Å². The van der Waals surface area contributed by atoms with Crippen LogP contribution in [0, 0.1) is 0 Å². The van der Waals surface area contributed by atoms with Crippen LogP contribution in [0.5, 0.6) is 0 Å². The molecule has 1 amide bonds. The Labute approximate surface area is 110 Å². The minimum atomic E-state index is -0.202. The van der Waals surface area contributed by atoms with Crippen LogP contribution >= 0.6 is 0 Å². The number of anilines is 1. The molecule has 0 atom stereocenters. The Morgan fingerprint density at radius 3 is 2.79 bits per heavy atom. The molecule has 2 aromatic carbocycles. The van der Waals surface area contributed by atoms with Crippen molar-refractivity contribution in [2.45, 2.75) is 6.92 Å². The van der Waals surface area contributed by atoms with E-state index >= 15 is 0 Å². The minimum absolute atomic E-state index is 0.202. The first-order valence-corrected chi connectivity index (χ1v) is 5.95. The topological polar surface area (TPSA) is 55.1 Å². The van der Waals surface area contributed by atoms with Gasteiger partial charge < -0.3 is 4.42 Å². The molecule has 0 saturated heterocycles. The van der Waals surface area contributed by atoms with Gasteiger partial charge in [0.1, 0.15) is 0 Å². The molecule has 0 unspecified atom stereocenters. The first-order chi connectivity index (χ1) is 9.24. The number of carbonyl (C=O) groups excluding carboxylic acids is 1. The van der Waals surface area contributed by atoms with Gasteiger partial charge in [0.2, 0.25) is 5.91 Å². The standard InChI is InChI=1S/C15H12N2O2/c1-10(18)17-15-16-9-14(19-15)13-8-4-6-11-5-2-3-7-12(11)13/h2-9H,1H3,(H,16,17,18). The molecule has 0 fully saturated rings. The first-order valence-electron chi connectivity index (χ1n) is 5.95. The van der Waals surface area contributed by atoms with E-state index in [0.717, 1.165) is 16.3 Å². The Kier molecular flexibility index (Phi) is 2.76. The highest BCUT2D eigenvalue weighted by Gasteiger charge is 2.09. The zero-order valence-electron chi connectivity index (χ0n) is 10.4. The van der Waals surface area contributed by atoms with Gasteiger partial charge in [-0.15, -0.1) is 0 Å². The van der Waals surface area contributed by atoms with E-state index in [4.69, 9.17) is 4.42 Å². The van der Waals surface area contributed by atoms with Crippen LogP contribution < -0.4 is 5.32 Å². The highest BCUT2D eigenvalue weighted by atomic mass is 16.4. The lowest BCUT2D eigenvalue weighted by atomic mass is 10.0. The summed E-state index contributed by atoms with van der Waals surface area (Å²) in [6.07, 6.45) is 1.62. The molecule has 1 heterocycles. The molecule has 0 aliphatic heterocycles. The fourth-order valence-corrected chi connectivity index (χ4v) is 2.05. The lowest BCUT2D eigenvalue weighted by molar-refractivity contribution is -0.114. The van der Waals surface area contributed by atoms with Gasteiger partial charge in [-0.2, -0.15) is 0 Å². The van der Waals surface area contributed by atoms with Crippen molar-refractivity contribution >= 4 is 22.7 Å². The molecule has 19 heavy (non-hydrogen) atoms. The molecular weight excluding hydrogens is 240 g/mol. The Bertz CT molecular complexity index is 741. The Hall–Kier alpha value is -2.62. The van der Waals surface area contributed by atoms with Crippen LogP contribution in [0.1, 0.15) is 6.92 Å². The summed E-state index contributed by atoms with van der Waals surface area (Å²) in [7, 11) is 0. The number of aromatic nitrogens is 1. The number of rotatable bonds is 2. The molecule has 3 aromatic rings. The first kappa shape index (κ1) is 11.5. The van der Waals surface area contributed by atoms with E-state index in [1.165, 1.54) is 6.92 Å². The lowest BCUT2D eigenvalue weighted by Crippen LogP contribution is -2.05. The molecule has 0 radical (unpaired) electrons. The number of hydrogen-bond acceptors (Lipinski definition) is 3. The molecule has 0 aliphatic rings. The average Bonchev–Trinajstić information content (AvgIpc) is 2.85. The fraction of sp³-hybridized carbons (Fsp3) is 0.0667. The highest BCUT2D eigenvalue weighted by molar-refractivity contribution is 5.95. The quantitative estimate of drug-likeness (QED) is 0.760. The third kappa shape index (κ3) is 2.20. The molecule has 0 spiro atoms. The van der Waals surface area contributed by atoms with Gasteiger partial charge in [0, 0.05) is 12.5 Å². The molecule has 0 aliphatic carbocycles. The van der Waals surface area contributed by atoms with Gasteiger partial charge in [0.15, 0.2) is 5.76 Å². The predicted octanol–water partition coefficient (Wildman–Crippen LogP) is 3.45. The van der Waals surface area contributed by atoms with Gasteiger partial charge in [0.25, 0.3) is 0 Å². The van der Waals surface area contributed by atoms with Crippen LogP contribution in [0.4, 0.5) is 6.01 Å². The van der Waals surface area contributed by atoms with Crippen molar-refractivity contribution in [2.75, 3.05) is 5.32 Å². The number of nitrogens with one attached hydrogen (secondary N) is 1. The number of oxazole rings is 1. The van der Waals surface area contributed by atoms with E-state index < -0.39 is 0 Å². The predicted molar refractivity (Wildman–Crippen MR) is 73.7 cm³/mol. The number of fused-ring (bicyclic) bond motifs is 1. The van der Waals surface area contributed by atoms with Crippen molar-refractivity contribution in [3.8, 4) is 11.3 Å². The van der Waals surface area contributed by atoms with Gasteiger partial charge >= 0.3 is 6.01 Å².